The van der Waals surface area contributed by atoms with Crippen LogP contribution in [0.2, 0.25) is 0 Å². The number of nitrogens with one attached hydrogen (secondary N) is 1. The number of amides is 1. The number of benzene rings is 1. The molecule has 0 saturated carbocycles. The van der Waals surface area contributed by atoms with Gasteiger partial charge in [-0.05, 0) is 29.5 Å². The molecule has 0 saturated heterocycles. The van der Waals surface area contributed by atoms with Gasteiger partial charge in [0.1, 0.15) is 0 Å². The molecule has 2 atom stereocenters. The molecule has 2 aromatic rings. The molecular weight excluding hydrogens is 284 g/mol. The van der Waals surface area contributed by atoms with Crippen LogP contribution in [0.5, 0.6) is 0 Å². The van der Waals surface area contributed by atoms with E-state index in [1.54, 1.807) is 18.3 Å². The number of aliphatic hydroxyl groups excluding tert-OH is 1. The topological polar surface area (TPSA) is 62.2 Å². The molecule has 1 aromatic heterocycles. The Labute approximate surface area is 127 Å². The number of aliphatic hydroxyl groups is 1. The molecule has 1 aliphatic carbocycles. The second-order valence-corrected chi connectivity index (χ2v) is 5.83. The second-order valence-electron chi connectivity index (χ2n) is 5.01. The first-order valence-electron chi connectivity index (χ1n) is 6.76. The Hall–Kier alpha value is -1.85. The lowest BCUT2D eigenvalue weighted by Crippen LogP contribution is -2.33. The van der Waals surface area contributed by atoms with Crippen molar-refractivity contribution in [3.8, 4) is 0 Å². The minimum Gasteiger partial charge on any atom is -0.390 e. The van der Waals surface area contributed by atoms with Gasteiger partial charge >= 0.3 is 0 Å². The predicted molar refractivity (Wildman–Crippen MR) is 82.4 cm³/mol. The summed E-state index contributed by atoms with van der Waals surface area (Å²) in [5, 5.41) is 13.9. The first kappa shape index (κ1) is 14.1. The molecule has 3 rings (SSSR count). The van der Waals surface area contributed by atoms with Gasteiger partial charge in [0.15, 0.2) is 0 Å². The van der Waals surface area contributed by atoms with Crippen LogP contribution >= 0.6 is 11.8 Å². The fraction of sp³-hybridized carbons (Fsp3) is 0.250. The van der Waals surface area contributed by atoms with E-state index in [-0.39, 0.29) is 11.9 Å². The molecule has 21 heavy (non-hydrogen) atoms. The highest BCUT2D eigenvalue weighted by molar-refractivity contribution is 7.98. The lowest BCUT2D eigenvalue weighted by Gasteiger charge is -2.18. The van der Waals surface area contributed by atoms with Gasteiger partial charge in [-0.25, -0.2) is 4.98 Å². The summed E-state index contributed by atoms with van der Waals surface area (Å²) in [6.45, 7) is 0. The van der Waals surface area contributed by atoms with Crippen molar-refractivity contribution >= 4 is 17.7 Å². The van der Waals surface area contributed by atoms with Crippen molar-refractivity contribution in [1.82, 2.24) is 10.3 Å². The fourth-order valence-electron chi connectivity index (χ4n) is 2.63. The van der Waals surface area contributed by atoms with Gasteiger partial charge in [-0.1, -0.05) is 24.3 Å². The van der Waals surface area contributed by atoms with Crippen LogP contribution in [0.25, 0.3) is 0 Å². The molecule has 0 bridgehead atoms. The second kappa shape index (κ2) is 5.87. The van der Waals surface area contributed by atoms with Gasteiger partial charge in [-0.15, -0.1) is 11.8 Å². The first-order valence-corrected chi connectivity index (χ1v) is 7.98. The number of hydrogen-bond acceptors (Lipinski definition) is 4. The summed E-state index contributed by atoms with van der Waals surface area (Å²) in [5.74, 6) is -0.187. The van der Waals surface area contributed by atoms with Crippen LogP contribution in [0.4, 0.5) is 0 Å². The Kier molecular flexibility index (Phi) is 3.94. The van der Waals surface area contributed by atoms with Gasteiger partial charge in [0.25, 0.3) is 5.91 Å². The van der Waals surface area contributed by atoms with E-state index in [1.807, 2.05) is 30.5 Å². The molecule has 0 fully saturated rings. The molecule has 0 aliphatic heterocycles. The Morgan fingerprint density at radius 1 is 1.38 bits per heavy atom. The van der Waals surface area contributed by atoms with Crippen molar-refractivity contribution in [2.24, 2.45) is 0 Å². The third-order valence-electron chi connectivity index (χ3n) is 3.70. The van der Waals surface area contributed by atoms with E-state index in [2.05, 4.69) is 10.3 Å². The van der Waals surface area contributed by atoms with E-state index in [9.17, 15) is 9.90 Å². The van der Waals surface area contributed by atoms with Crippen LogP contribution in [-0.2, 0) is 6.42 Å². The van der Waals surface area contributed by atoms with Crippen molar-refractivity contribution in [1.29, 1.82) is 0 Å². The number of aromatic nitrogens is 1. The van der Waals surface area contributed by atoms with Gasteiger partial charge in [0, 0.05) is 18.2 Å². The number of fused-ring (bicyclic) bond motifs is 1. The summed E-state index contributed by atoms with van der Waals surface area (Å²) < 4.78 is 0. The maximum absolute atomic E-state index is 12.4. The van der Waals surface area contributed by atoms with E-state index in [1.165, 1.54) is 11.8 Å². The fourth-order valence-corrected chi connectivity index (χ4v) is 3.05. The number of nitrogens with zero attached hydrogens (tertiary/aromatic N) is 1. The van der Waals surface area contributed by atoms with E-state index >= 15 is 0 Å². The number of rotatable bonds is 3. The molecule has 4 nitrogen and oxygen atoms in total. The largest absolute Gasteiger partial charge is 0.390 e. The van der Waals surface area contributed by atoms with Gasteiger partial charge in [0.2, 0.25) is 0 Å². The van der Waals surface area contributed by atoms with Crippen LogP contribution in [0.15, 0.2) is 47.6 Å². The third kappa shape index (κ3) is 2.80. The molecule has 1 aliphatic rings. The maximum atomic E-state index is 12.4. The van der Waals surface area contributed by atoms with Crippen LogP contribution in [0, 0.1) is 0 Å². The average molecular weight is 300 g/mol. The SMILES string of the molecule is CSc1cc(C(=O)N[C@H]2c3ccccc3C[C@H]2O)ccn1. The molecule has 0 unspecified atom stereocenters. The number of thioether (sulfide) groups is 1. The molecule has 2 N–H and O–H groups in total. The van der Waals surface area contributed by atoms with Crippen molar-refractivity contribution in [3.05, 3.63) is 59.3 Å². The minimum absolute atomic E-state index is 0.187. The predicted octanol–water partition coefficient (Wildman–Crippen LogP) is 2.19. The summed E-state index contributed by atoms with van der Waals surface area (Å²) >= 11 is 1.49. The lowest BCUT2D eigenvalue weighted by molar-refractivity contribution is 0.0858. The summed E-state index contributed by atoms with van der Waals surface area (Å²) in [6.07, 6.45) is 3.54. The number of carbonyl (C=O) groups is 1. The Balaban J connectivity index is 1.81. The Morgan fingerprint density at radius 2 is 2.19 bits per heavy atom. The number of carbonyl (C=O) groups excluding carboxylic acids is 1. The zero-order chi connectivity index (χ0) is 14.8. The highest BCUT2D eigenvalue weighted by Gasteiger charge is 2.32. The van der Waals surface area contributed by atoms with E-state index in [0.717, 1.165) is 16.2 Å². The van der Waals surface area contributed by atoms with Gasteiger partial charge in [0.05, 0.1) is 17.2 Å². The van der Waals surface area contributed by atoms with Gasteiger partial charge < -0.3 is 10.4 Å². The summed E-state index contributed by atoms with van der Waals surface area (Å²) in [6, 6.07) is 10.9. The van der Waals surface area contributed by atoms with E-state index in [4.69, 9.17) is 0 Å². The highest BCUT2D eigenvalue weighted by atomic mass is 32.2. The first-order chi connectivity index (χ1) is 10.2. The highest BCUT2D eigenvalue weighted by Crippen LogP contribution is 2.31. The average Bonchev–Trinajstić information content (AvgIpc) is 2.83. The standard InChI is InChI=1S/C16H16N2O2S/c1-21-14-9-11(6-7-17-14)16(20)18-15-12-5-3-2-4-10(12)8-13(15)19/h2-7,9,13,15,19H,8H2,1H3,(H,18,20)/t13-,15+/m1/s1. The molecular formula is C16H16N2O2S. The minimum atomic E-state index is -0.576. The summed E-state index contributed by atoms with van der Waals surface area (Å²) in [5.41, 5.74) is 2.65. The van der Waals surface area contributed by atoms with Crippen LogP contribution in [0.1, 0.15) is 27.5 Å². The van der Waals surface area contributed by atoms with Crippen LogP contribution in [0.3, 0.4) is 0 Å². The van der Waals surface area contributed by atoms with Crippen molar-refractivity contribution in [2.45, 2.75) is 23.6 Å². The quantitative estimate of drug-likeness (QED) is 0.853. The molecule has 5 heteroatoms. The van der Waals surface area contributed by atoms with Crippen molar-refractivity contribution in [3.63, 3.8) is 0 Å². The molecule has 1 amide bonds. The van der Waals surface area contributed by atoms with Crippen molar-refractivity contribution < 1.29 is 9.90 Å². The lowest BCUT2D eigenvalue weighted by atomic mass is 10.1. The Morgan fingerprint density at radius 3 is 3.00 bits per heavy atom. The molecule has 1 heterocycles. The number of hydrogen-bond donors (Lipinski definition) is 2. The molecule has 0 spiro atoms. The summed E-state index contributed by atoms with van der Waals surface area (Å²) in [4.78, 5) is 16.5. The third-order valence-corrected chi connectivity index (χ3v) is 4.34. The van der Waals surface area contributed by atoms with Gasteiger partial charge in [-0.2, -0.15) is 0 Å². The van der Waals surface area contributed by atoms with E-state index < -0.39 is 6.10 Å². The Bertz CT molecular complexity index is 675. The van der Waals surface area contributed by atoms with Crippen LogP contribution in [-0.4, -0.2) is 28.4 Å². The molecule has 1 aromatic carbocycles. The maximum Gasteiger partial charge on any atom is 0.252 e. The zero-order valence-electron chi connectivity index (χ0n) is 11.6. The number of pyridine rings is 1. The smallest absolute Gasteiger partial charge is 0.252 e. The van der Waals surface area contributed by atoms with E-state index in [0.29, 0.717) is 12.0 Å². The van der Waals surface area contributed by atoms with Gasteiger partial charge in [-0.3, -0.25) is 4.79 Å². The van der Waals surface area contributed by atoms with Crippen molar-refractivity contribution in [2.75, 3.05) is 6.26 Å². The summed E-state index contributed by atoms with van der Waals surface area (Å²) in [7, 11) is 0. The zero-order valence-corrected chi connectivity index (χ0v) is 12.4. The normalized spacial score (nSPS) is 20.1. The molecule has 0 radical (unpaired) electrons. The monoisotopic (exact) mass is 300 g/mol. The van der Waals surface area contributed by atoms with Crippen LogP contribution < -0.4 is 5.32 Å². The molecule has 108 valence electrons.